The van der Waals surface area contributed by atoms with Crippen LogP contribution in [0.5, 0.6) is 0 Å². The van der Waals surface area contributed by atoms with Crippen LogP contribution in [0.3, 0.4) is 0 Å². The average molecular weight is 449 g/mol. The Hall–Kier alpha value is -1.46. The van der Waals surface area contributed by atoms with Crippen LogP contribution in [0.1, 0.15) is 31.1 Å². The molecule has 0 spiro atoms. The first kappa shape index (κ1) is 21.8. The van der Waals surface area contributed by atoms with Crippen molar-refractivity contribution in [1.29, 1.82) is 0 Å². The van der Waals surface area contributed by atoms with Crippen molar-refractivity contribution >= 4 is 64.0 Å². The zero-order chi connectivity index (χ0) is 20.4. The molecule has 2 aromatic rings. The lowest BCUT2D eigenvalue weighted by atomic mass is 10.1. The summed E-state index contributed by atoms with van der Waals surface area (Å²) in [5.41, 5.74) is -0.262. The minimum absolute atomic E-state index is 0.0336. The molecular weight excluding hydrogens is 432 g/mol. The van der Waals surface area contributed by atoms with Crippen LogP contribution in [0.15, 0.2) is 36.4 Å². The van der Waals surface area contributed by atoms with Crippen molar-refractivity contribution in [2.45, 2.75) is 26.4 Å². The van der Waals surface area contributed by atoms with Gasteiger partial charge in [-0.2, -0.15) is 0 Å². The topological polar surface area (TPSA) is 46.6 Å². The van der Waals surface area contributed by atoms with Gasteiger partial charge < -0.3 is 4.74 Å². The van der Waals surface area contributed by atoms with Crippen molar-refractivity contribution in [2.24, 2.45) is 0 Å². The molecule has 0 saturated carbocycles. The van der Waals surface area contributed by atoms with E-state index in [1.807, 2.05) is 0 Å². The number of hydrogen-bond donors (Lipinski definition) is 0. The molecule has 4 nitrogen and oxygen atoms in total. The molecule has 0 aliphatic rings. The van der Waals surface area contributed by atoms with Crippen LogP contribution in [-0.4, -0.2) is 24.0 Å². The van der Waals surface area contributed by atoms with E-state index >= 15 is 0 Å². The van der Waals surface area contributed by atoms with Crippen molar-refractivity contribution in [2.75, 3.05) is 11.4 Å². The third-order valence-electron chi connectivity index (χ3n) is 3.29. The highest BCUT2D eigenvalue weighted by Gasteiger charge is 2.27. The molecule has 2 aromatic carbocycles. The first-order valence-corrected chi connectivity index (χ1v) is 9.43. The predicted molar refractivity (Wildman–Crippen MR) is 110 cm³/mol. The Morgan fingerprint density at radius 1 is 0.963 bits per heavy atom. The second kappa shape index (κ2) is 8.70. The van der Waals surface area contributed by atoms with Crippen molar-refractivity contribution < 1.29 is 14.3 Å². The van der Waals surface area contributed by atoms with Crippen molar-refractivity contribution in [3.05, 3.63) is 62.1 Å². The van der Waals surface area contributed by atoms with Gasteiger partial charge in [-0.25, -0.2) is 0 Å². The van der Waals surface area contributed by atoms with E-state index in [0.717, 1.165) is 0 Å². The standard InChI is InChI=1S/C19H17Cl4NO3/c1-19(2,3)27-16(25)10-24(13-6-4-5-11(20)7-13)18(26)17-14(22)8-12(21)9-15(17)23/h4-9H,10H2,1-3H3. The maximum absolute atomic E-state index is 13.2. The van der Waals surface area contributed by atoms with Gasteiger partial charge in [0.05, 0.1) is 15.6 Å². The Morgan fingerprint density at radius 3 is 2.07 bits per heavy atom. The number of hydrogen-bond acceptors (Lipinski definition) is 3. The summed E-state index contributed by atoms with van der Waals surface area (Å²) in [6.45, 7) is 4.88. The molecule has 1 amide bonds. The summed E-state index contributed by atoms with van der Waals surface area (Å²) in [5, 5.41) is 0.855. The fourth-order valence-electron chi connectivity index (χ4n) is 2.31. The normalized spacial score (nSPS) is 11.2. The van der Waals surface area contributed by atoms with Gasteiger partial charge in [0.25, 0.3) is 5.91 Å². The number of nitrogens with zero attached hydrogens (tertiary/aromatic N) is 1. The summed E-state index contributed by atoms with van der Waals surface area (Å²) in [5.74, 6) is -1.16. The van der Waals surface area contributed by atoms with E-state index in [1.54, 1.807) is 45.0 Å². The number of anilines is 1. The highest BCUT2D eigenvalue weighted by Crippen LogP contribution is 2.32. The third kappa shape index (κ3) is 6.01. The van der Waals surface area contributed by atoms with Gasteiger partial charge in [0.2, 0.25) is 0 Å². The number of benzene rings is 2. The summed E-state index contributed by atoms with van der Waals surface area (Å²) in [4.78, 5) is 26.7. The van der Waals surface area contributed by atoms with Crippen molar-refractivity contribution in [3.8, 4) is 0 Å². The molecule has 0 radical (unpaired) electrons. The van der Waals surface area contributed by atoms with E-state index in [0.29, 0.717) is 15.7 Å². The van der Waals surface area contributed by atoms with E-state index in [-0.39, 0.29) is 22.2 Å². The molecule has 0 aromatic heterocycles. The number of rotatable bonds is 4. The van der Waals surface area contributed by atoms with Gasteiger partial charge in [-0.1, -0.05) is 52.5 Å². The van der Waals surface area contributed by atoms with Gasteiger partial charge in [-0.15, -0.1) is 0 Å². The monoisotopic (exact) mass is 447 g/mol. The Morgan fingerprint density at radius 2 is 1.56 bits per heavy atom. The van der Waals surface area contributed by atoms with E-state index in [9.17, 15) is 9.59 Å². The van der Waals surface area contributed by atoms with E-state index in [4.69, 9.17) is 51.1 Å². The summed E-state index contributed by atoms with van der Waals surface area (Å²) < 4.78 is 5.33. The molecule has 0 atom stereocenters. The zero-order valence-corrected chi connectivity index (χ0v) is 17.9. The van der Waals surface area contributed by atoms with Gasteiger partial charge in [-0.05, 0) is 51.1 Å². The van der Waals surface area contributed by atoms with Gasteiger partial charge in [0.1, 0.15) is 12.1 Å². The lowest BCUT2D eigenvalue weighted by Crippen LogP contribution is -2.39. The molecule has 0 N–H and O–H groups in total. The van der Waals surface area contributed by atoms with E-state index in [2.05, 4.69) is 0 Å². The van der Waals surface area contributed by atoms with Gasteiger partial charge >= 0.3 is 5.97 Å². The van der Waals surface area contributed by atoms with Crippen LogP contribution in [0.2, 0.25) is 20.1 Å². The van der Waals surface area contributed by atoms with Gasteiger partial charge in [-0.3, -0.25) is 14.5 Å². The van der Waals surface area contributed by atoms with Gasteiger partial charge in [0.15, 0.2) is 0 Å². The number of esters is 1. The molecule has 0 heterocycles. The molecule has 8 heteroatoms. The van der Waals surface area contributed by atoms with Crippen LogP contribution in [-0.2, 0) is 9.53 Å². The molecule has 144 valence electrons. The fourth-order valence-corrected chi connectivity index (χ4v) is 3.47. The third-order valence-corrected chi connectivity index (χ3v) is 4.34. The molecule has 0 fully saturated rings. The molecule has 0 aliphatic carbocycles. The number of ether oxygens (including phenoxy) is 1. The second-order valence-electron chi connectivity index (χ2n) is 6.70. The Bertz CT molecular complexity index is 854. The molecule has 0 unspecified atom stereocenters. The van der Waals surface area contributed by atoms with E-state index in [1.165, 1.54) is 17.0 Å². The lowest BCUT2D eigenvalue weighted by molar-refractivity contribution is -0.152. The molecule has 0 bridgehead atoms. The number of halogens is 4. The highest BCUT2D eigenvalue weighted by molar-refractivity contribution is 6.43. The predicted octanol–water partition coefficient (Wildman–Crippen LogP) is 6.29. The molecule has 2 rings (SSSR count). The Labute approximate surface area is 177 Å². The van der Waals surface area contributed by atoms with Crippen LogP contribution >= 0.6 is 46.4 Å². The maximum atomic E-state index is 13.2. The minimum atomic E-state index is -0.699. The lowest BCUT2D eigenvalue weighted by Gasteiger charge is -2.26. The first-order valence-electron chi connectivity index (χ1n) is 7.92. The summed E-state index contributed by atoms with van der Waals surface area (Å²) in [6, 6.07) is 9.34. The van der Waals surface area contributed by atoms with E-state index < -0.39 is 17.5 Å². The van der Waals surface area contributed by atoms with Crippen LogP contribution in [0.4, 0.5) is 5.69 Å². The Kier molecular flexibility index (Phi) is 7.03. The minimum Gasteiger partial charge on any atom is -0.459 e. The highest BCUT2D eigenvalue weighted by atomic mass is 35.5. The molecule has 27 heavy (non-hydrogen) atoms. The molecule has 0 aliphatic heterocycles. The molecular formula is C19H17Cl4NO3. The zero-order valence-electron chi connectivity index (χ0n) is 14.9. The maximum Gasteiger partial charge on any atom is 0.326 e. The fraction of sp³-hybridized carbons (Fsp3) is 0.263. The first-order chi connectivity index (χ1) is 12.5. The van der Waals surface area contributed by atoms with Crippen LogP contribution in [0, 0.1) is 0 Å². The smallest absolute Gasteiger partial charge is 0.326 e. The average Bonchev–Trinajstić information content (AvgIpc) is 2.49. The Balaban J connectivity index is 2.46. The van der Waals surface area contributed by atoms with Crippen molar-refractivity contribution in [1.82, 2.24) is 0 Å². The number of carbonyl (C=O) groups is 2. The summed E-state index contributed by atoms with van der Waals surface area (Å²) in [7, 11) is 0. The quantitative estimate of drug-likeness (QED) is 0.516. The molecule has 0 saturated heterocycles. The van der Waals surface area contributed by atoms with Gasteiger partial charge in [0, 0.05) is 15.7 Å². The second-order valence-corrected chi connectivity index (χ2v) is 8.39. The van der Waals surface area contributed by atoms with Crippen molar-refractivity contribution in [3.63, 3.8) is 0 Å². The van der Waals surface area contributed by atoms with Crippen LogP contribution in [0.25, 0.3) is 0 Å². The number of amides is 1. The number of carbonyl (C=O) groups excluding carboxylic acids is 2. The SMILES string of the molecule is CC(C)(C)OC(=O)CN(C(=O)c1c(Cl)cc(Cl)cc1Cl)c1cccc(Cl)c1. The summed E-state index contributed by atoms with van der Waals surface area (Å²) in [6.07, 6.45) is 0. The van der Waals surface area contributed by atoms with Crippen LogP contribution < -0.4 is 4.90 Å². The largest absolute Gasteiger partial charge is 0.459 e. The summed E-state index contributed by atoms with van der Waals surface area (Å²) >= 11 is 24.3.